The lowest BCUT2D eigenvalue weighted by molar-refractivity contribution is 0.572. The average Bonchev–Trinajstić information content (AvgIpc) is 3.08. The van der Waals surface area contributed by atoms with E-state index in [2.05, 4.69) is 40.5 Å². The molecule has 0 fully saturated rings. The molecule has 3 rings (SSSR count). The zero-order valence-electron chi connectivity index (χ0n) is 12.0. The number of benzene rings is 1. The Morgan fingerprint density at radius 3 is 2.62 bits per heavy atom. The van der Waals surface area contributed by atoms with E-state index in [1.54, 1.807) is 6.20 Å². The van der Waals surface area contributed by atoms with Crippen molar-refractivity contribution in [2.75, 3.05) is 0 Å². The molecule has 4 nitrogen and oxygen atoms in total. The molecule has 0 spiro atoms. The molecule has 0 saturated carbocycles. The van der Waals surface area contributed by atoms with Crippen molar-refractivity contribution in [1.82, 2.24) is 20.1 Å². The molecule has 2 heterocycles. The number of aromatic nitrogens is 3. The minimum Gasteiger partial charge on any atom is -0.306 e. The molecule has 0 radical (unpaired) electrons. The van der Waals surface area contributed by atoms with Gasteiger partial charge < -0.3 is 5.32 Å². The van der Waals surface area contributed by atoms with Crippen LogP contribution in [-0.2, 0) is 6.54 Å². The molecule has 2 aromatic heterocycles. The molecule has 1 unspecified atom stereocenters. The van der Waals surface area contributed by atoms with E-state index >= 15 is 0 Å². The molecule has 3 aromatic rings. The number of para-hydroxylation sites is 1. The monoisotopic (exact) mass is 278 g/mol. The van der Waals surface area contributed by atoms with Crippen molar-refractivity contribution in [1.29, 1.82) is 0 Å². The summed E-state index contributed by atoms with van der Waals surface area (Å²) in [4.78, 5) is 4.05. The van der Waals surface area contributed by atoms with Gasteiger partial charge in [0.1, 0.15) is 0 Å². The van der Waals surface area contributed by atoms with Gasteiger partial charge in [0.05, 0.1) is 5.69 Å². The summed E-state index contributed by atoms with van der Waals surface area (Å²) in [5.74, 6) is 0. The fourth-order valence-corrected chi connectivity index (χ4v) is 2.33. The first-order chi connectivity index (χ1) is 10.3. The summed E-state index contributed by atoms with van der Waals surface area (Å²) in [6.07, 6.45) is 7.41. The van der Waals surface area contributed by atoms with Gasteiger partial charge in [-0.1, -0.05) is 18.2 Å². The lowest BCUT2D eigenvalue weighted by Gasteiger charge is -2.16. The molecule has 4 heteroatoms. The van der Waals surface area contributed by atoms with E-state index < -0.39 is 0 Å². The van der Waals surface area contributed by atoms with Crippen molar-refractivity contribution in [2.45, 2.75) is 19.5 Å². The second-order valence-electron chi connectivity index (χ2n) is 4.96. The van der Waals surface area contributed by atoms with Crippen LogP contribution in [0.2, 0.25) is 0 Å². The fraction of sp³-hybridized carbons (Fsp3) is 0.176. The number of pyridine rings is 1. The summed E-state index contributed by atoms with van der Waals surface area (Å²) < 4.78 is 1.90. The minimum absolute atomic E-state index is 0.277. The van der Waals surface area contributed by atoms with Crippen LogP contribution in [0.1, 0.15) is 24.1 Å². The molecule has 21 heavy (non-hydrogen) atoms. The van der Waals surface area contributed by atoms with Gasteiger partial charge in [0.2, 0.25) is 0 Å². The highest BCUT2D eigenvalue weighted by Gasteiger charge is 2.07. The predicted octanol–water partition coefficient (Wildman–Crippen LogP) is 3.12. The van der Waals surface area contributed by atoms with Crippen LogP contribution in [0.25, 0.3) is 5.69 Å². The van der Waals surface area contributed by atoms with Crippen LogP contribution >= 0.6 is 0 Å². The molecule has 0 amide bonds. The van der Waals surface area contributed by atoms with Gasteiger partial charge in [-0.05, 0) is 42.3 Å². The SMILES string of the molecule is CC(NCc1ccccc1-n1cccn1)c1ccncc1. The van der Waals surface area contributed by atoms with Gasteiger partial charge in [0.15, 0.2) is 0 Å². The molecule has 106 valence electrons. The molecule has 1 aromatic carbocycles. The minimum atomic E-state index is 0.277. The second kappa shape index (κ2) is 6.33. The van der Waals surface area contributed by atoms with Gasteiger partial charge >= 0.3 is 0 Å². The maximum atomic E-state index is 4.31. The Hall–Kier alpha value is -2.46. The zero-order valence-corrected chi connectivity index (χ0v) is 12.0. The smallest absolute Gasteiger partial charge is 0.0690 e. The van der Waals surface area contributed by atoms with Gasteiger partial charge in [0.25, 0.3) is 0 Å². The summed E-state index contributed by atoms with van der Waals surface area (Å²) >= 11 is 0. The number of hydrogen-bond donors (Lipinski definition) is 1. The highest BCUT2D eigenvalue weighted by atomic mass is 15.3. The molecule has 1 atom stereocenters. The van der Waals surface area contributed by atoms with E-state index in [0.717, 1.165) is 12.2 Å². The molecule has 0 aliphatic heterocycles. The van der Waals surface area contributed by atoms with Crippen molar-refractivity contribution in [2.24, 2.45) is 0 Å². The lowest BCUT2D eigenvalue weighted by Crippen LogP contribution is -2.19. The largest absolute Gasteiger partial charge is 0.306 e. The third-order valence-electron chi connectivity index (χ3n) is 3.55. The number of hydrogen-bond acceptors (Lipinski definition) is 3. The number of nitrogens with one attached hydrogen (secondary N) is 1. The Labute approximate surface area is 124 Å². The fourth-order valence-electron chi connectivity index (χ4n) is 2.33. The predicted molar refractivity (Wildman–Crippen MR) is 83.1 cm³/mol. The van der Waals surface area contributed by atoms with Crippen LogP contribution in [0, 0.1) is 0 Å². The summed E-state index contributed by atoms with van der Waals surface area (Å²) in [5.41, 5.74) is 3.57. The Bertz CT molecular complexity index is 677. The van der Waals surface area contributed by atoms with Crippen molar-refractivity contribution in [3.63, 3.8) is 0 Å². The highest BCUT2D eigenvalue weighted by Crippen LogP contribution is 2.16. The Kier molecular flexibility index (Phi) is 4.07. The second-order valence-corrected chi connectivity index (χ2v) is 4.96. The highest BCUT2D eigenvalue weighted by molar-refractivity contribution is 5.40. The van der Waals surface area contributed by atoms with Gasteiger partial charge in [-0.25, -0.2) is 4.68 Å². The molecular formula is C17H18N4. The van der Waals surface area contributed by atoms with Crippen LogP contribution in [0.5, 0.6) is 0 Å². The first-order valence-corrected chi connectivity index (χ1v) is 7.06. The summed E-state index contributed by atoms with van der Waals surface area (Å²) in [6, 6.07) is 14.6. The topological polar surface area (TPSA) is 42.7 Å². The Balaban J connectivity index is 1.74. The zero-order chi connectivity index (χ0) is 14.5. The third-order valence-corrected chi connectivity index (χ3v) is 3.55. The van der Waals surface area contributed by atoms with E-state index in [9.17, 15) is 0 Å². The van der Waals surface area contributed by atoms with E-state index in [4.69, 9.17) is 0 Å². The van der Waals surface area contributed by atoms with Crippen molar-refractivity contribution in [3.8, 4) is 5.69 Å². The molecule has 1 N–H and O–H groups in total. The molecule has 0 aliphatic carbocycles. The lowest BCUT2D eigenvalue weighted by atomic mass is 10.1. The Morgan fingerprint density at radius 1 is 1.05 bits per heavy atom. The standard InChI is InChI=1S/C17H18N4/c1-14(15-7-10-18-11-8-15)19-13-16-5-2-3-6-17(16)21-12-4-9-20-21/h2-12,14,19H,13H2,1H3. The molecule has 0 bridgehead atoms. The first kappa shape index (κ1) is 13.5. The van der Waals surface area contributed by atoms with Crippen LogP contribution < -0.4 is 5.32 Å². The molecule has 0 saturated heterocycles. The maximum Gasteiger partial charge on any atom is 0.0690 e. The van der Waals surface area contributed by atoms with Crippen molar-refractivity contribution >= 4 is 0 Å². The molecule has 0 aliphatic rings. The Morgan fingerprint density at radius 2 is 1.86 bits per heavy atom. The third kappa shape index (κ3) is 3.17. The van der Waals surface area contributed by atoms with Crippen LogP contribution in [0.3, 0.4) is 0 Å². The van der Waals surface area contributed by atoms with E-state index in [-0.39, 0.29) is 6.04 Å². The number of rotatable bonds is 5. The normalized spacial score (nSPS) is 12.2. The van der Waals surface area contributed by atoms with E-state index in [0.29, 0.717) is 0 Å². The van der Waals surface area contributed by atoms with Crippen LogP contribution in [0.4, 0.5) is 0 Å². The van der Waals surface area contributed by atoms with Gasteiger partial charge in [-0.2, -0.15) is 5.10 Å². The summed E-state index contributed by atoms with van der Waals surface area (Å²) in [5, 5.41) is 7.86. The van der Waals surface area contributed by atoms with Gasteiger partial charge in [-0.15, -0.1) is 0 Å². The van der Waals surface area contributed by atoms with Crippen LogP contribution in [-0.4, -0.2) is 14.8 Å². The number of nitrogens with zero attached hydrogens (tertiary/aromatic N) is 3. The van der Waals surface area contributed by atoms with Crippen LogP contribution in [0.15, 0.2) is 67.3 Å². The summed E-state index contributed by atoms with van der Waals surface area (Å²) in [7, 11) is 0. The van der Waals surface area contributed by atoms with Crippen molar-refractivity contribution in [3.05, 3.63) is 78.4 Å². The van der Waals surface area contributed by atoms with E-state index in [1.807, 2.05) is 47.5 Å². The van der Waals surface area contributed by atoms with E-state index in [1.165, 1.54) is 11.1 Å². The quantitative estimate of drug-likeness (QED) is 0.779. The summed E-state index contributed by atoms with van der Waals surface area (Å²) in [6.45, 7) is 2.95. The first-order valence-electron chi connectivity index (χ1n) is 7.06. The average molecular weight is 278 g/mol. The molecular weight excluding hydrogens is 260 g/mol. The maximum absolute atomic E-state index is 4.31. The van der Waals surface area contributed by atoms with Crippen molar-refractivity contribution < 1.29 is 0 Å². The van der Waals surface area contributed by atoms with Gasteiger partial charge in [0, 0.05) is 37.4 Å². The van der Waals surface area contributed by atoms with Gasteiger partial charge in [-0.3, -0.25) is 4.98 Å².